The van der Waals surface area contributed by atoms with Gasteiger partial charge in [-0.3, -0.25) is 0 Å². The van der Waals surface area contributed by atoms with Crippen molar-refractivity contribution in [3.05, 3.63) is 59.2 Å². The van der Waals surface area contributed by atoms with Crippen molar-refractivity contribution in [2.75, 3.05) is 13.3 Å². The van der Waals surface area contributed by atoms with E-state index < -0.39 is 0 Å². The molecule has 0 aromatic heterocycles. The van der Waals surface area contributed by atoms with Crippen LogP contribution in [0.3, 0.4) is 0 Å². The van der Waals surface area contributed by atoms with Gasteiger partial charge in [0.25, 0.3) is 0 Å². The molecule has 0 unspecified atom stereocenters. The second-order valence-corrected chi connectivity index (χ2v) is 5.72. The SMILES string of the molecule is CCNC(=NCc1ccc2c(c1)OCO2)NCc1ccc(C)cc1.I. The molecule has 0 fully saturated rings. The largest absolute Gasteiger partial charge is 0.454 e. The van der Waals surface area contributed by atoms with Gasteiger partial charge in [0.2, 0.25) is 6.79 Å². The molecule has 1 aliphatic heterocycles. The van der Waals surface area contributed by atoms with Gasteiger partial charge in [0.15, 0.2) is 17.5 Å². The molecule has 0 radical (unpaired) electrons. The van der Waals surface area contributed by atoms with Crippen LogP contribution in [0.4, 0.5) is 0 Å². The van der Waals surface area contributed by atoms with Gasteiger partial charge in [0.05, 0.1) is 6.54 Å². The van der Waals surface area contributed by atoms with Gasteiger partial charge in [-0.05, 0) is 37.1 Å². The number of benzene rings is 2. The standard InChI is InChI=1S/C19H23N3O2.HI/c1-3-20-19(21-11-15-6-4-14(2)5-7-15)22-12-16-8-9-17-18(10-16)24-13-23-17;/h4-10H,3,11-13H2,1-2H3,(H2,20,21,22);1H. The lowest BCUT2D eigenvalue weighted by molar-refractivity contribution is 0.174. The Morgan fingerprint density at radius 3 is 2.48 bits per heavy atom. The molecular weight excluding hydrogens is 429 g/mol. The zero-order valence-corrected chi connectivity index (χ0v) is 16.9. The summed E-state index contributed by atoms with van der Waals surface area (Å²) in [5.74, 6) is 2.39. The van der Waals surface area contributed by atoms with E-state index in [1.54, 1.807) is 0 Å². The number of rotatable bonds is 5. The lowest BCUT2D eigenvalue weighted by Gasteiger charge is -2.11. The lowest BCUT2D eigenvalue weighted by Crippen LogP contribution is -2.36. The molecule has 0 spiro atoms. The number of nitrogens with zero attached hydrogens (tertiary/aromatic N) is 1. The van der Waals surface area contributed by atoms with Gasteiger partial charge >= 0.3 is 0 Å². The first-order chi connectivity index (χ1) is 11.7. The fourth-order valence-corrected chi connectivity index (χ4v) is 2.44. The number of nitrogens with one attached hydrogen (secondary N) is 2. The summed E-state index contributed by atoms with van der Waals surface area (Å²) in [6.45, 7) is 6.59. The summed E-state index contributed by atoms with van der Waals surface area (Å²) in [7, 11) is 0. The van der Waals surface area contributed by atoms with Crippen LogP contribution in [0.5, 0.6) is 11.5 Å². The van der Waals surface area contributed by atoms with Crippen LogP contribution in [-0.4, -0.2) is 19.3 Å². The zero-order valence-electron chi connectivity index (χ0n) is 14.5. The average molecular weight is 453 g/mol. The van der Waals surface area contributed by atoms with Crippen LogP contribution >= 0.6 is 24.0 Å². The quantitative estimate of drug-likeness (QED) is 0.413. The minimum Gasteiger partial charge on any atom is -0.454 e. The first kappa shape index (κ1) is 19.4. The lowest BCUT2D eigenvalue weighted by atomic mass is 10.1. The molecule has 2 N–H and O–H groups in total. The van der Waals surface area contributed by atoms with Gasteiger partial charge in [-0.1, -0.05) is 35.9 Å². The zero-order chi connectivity index (χ0) is 16.8. The third-order valence-electron chi connectivity index (χ3n) is 3.78. The summed E-state index contributed by atoms with van der Waals surface area (Å²) in [4.78, 5) is 4.64. The van der Waals surface area contributed by atoms with Crippen LogP contribution in [0.25, 0.3) is 0 Å². The van der Waals surface area contributed by atoms with Gasteiger partial charge in [-0.2, -0.15) is 0 Å². The Morgan fingerprint density at radius 2 is 1.72 bits per heavy atom. The van der Waals surface area contributed by atoms with E-state index in [0.29, 0.717) is 13.3 Å². The predicted octanol–water partition coefficient (Wildman–Crippen LogP) is 3.60. The molecule has 5 nitrogen and oxygen atoms in total. The first-order valence-corrected chi connectivity index (χ1v) is 8.21. The van der Waals surface area contributed by atoms with Crippen LogP contribution in [0.1, 0.15) is 23.6 Å². The van der Waals surface area contributed by atoms with E-state index >= 15 is 0 Å². The Labute approximate surface area is 165 Å². The molecule has 2 aromatic rings. The van der Waals surface area contributed by atoms with Crippen molar-refractivity contribution in [2.24, 2.45) is 4.99 Å². The Balaban J connectivity index is 0.00000225. The molecule has 0 bridgehead atoms. The summed E-state index contributed by atoms with van der Waals surface area (Å²) in [5, 5.41) is 6.63. The first-order valence-electron chi connectivity index (χ1n) is 8.21. The average Bonchev–Trinajstić information content (AvgIpc) is 3.06. The smallest absolute Gasteiger partial charge is 0.231 e. The van der Waals surface area contributed by atoms with Crippen LogP contribution in [0.2, 0.25) is 0 Å². The maximum Gasteiger partial charge on any atom is 0.231 e. The van der Waals surface area contributed by atoms with Gasteiger partial charge in [0.1, 0.15) is 0 Å². The van der Waals surface area contributed by atoms with Crippen molar-refractivity contribution >= 4 is 29.9 Å². The Kier molecular flexibility index (Phi) is 7.36. The Hall–Kier alpha value is -1.96. The van der Waals surface area contributed by atoms with Crippen molar-refractivity contribution in [1.82, 2.24) is 10.6 Å². The minimum absolute atomic E-state index is 0. The van der Waals surface area contributed by atoms with Crippen molar-refractivity contribution in [3.63, 3.8) is 0 Å². The predicted molar refractivity (Wildman–Crippen MR) is 111 cm³/mol. The molecule has 1 heterocycles. The number of ether oxygens (including phenoxy) is 2. The molecule has 0 aliphatic carbocycles. The molecular formula is C19H24IN3O2. The van der Waals surface area contributed by atoms with E-state index in [1.165, 1.54) is 11.1 Å². The summed E-state index contributed by atoms with van der Waals surface area (Å²) >= 11 is 0. The number of hydrogen-bond donors (Lipinski definition) is 2. The molecule has 1 aliphatic rings. The number of aryl methyl sites for hydroxylation is 1. The maximum absolute atomic E-state index is 5.41. The van der Waals surface area contributed by atoms with E-state index in [9.17, 15) is 0 Å². The van der Waals surface area contributed by atoms with Crippen molar-refractivity contribution < 1.29 is 9.47 Å². The number of hydrogen-bond acceptors (Lipinski definition) is 3. The van der Waals surface area contributed by atoms with E-state index in [0.717, 1.165) is 36.1 Å². The molecule has 6 heteroatoms. The number of aliphatic imine (C=N–C) groups is 1. The topological polar surface area (TPSA) is 54.9 Å². The number of halogens is 1. The molecule has 2 aromatic carbocycles. The second kappa shape index (κ2) is 9.50. The fourth-order valence-electron chi connectivity index (χ4n) is 2.44. The molecule has 134 valence electrons. The molecule has 0 amide bonds. The van der Waals surface area contributed by atoms with Crippen molar-refractivity contribution in [1.29, 1.82) is 0 Å². The van der Waals surface area contributed by atoms with Crippen molar-refractivity contribution in [2.45, 2.75) is 26.9 Å². The highest BCUT2D eigenvalue weighted by Crippen LogP contribution is 2.32. The fraction of sp³-hybridized carbons (Fsp3) is 0.316. The van der Waals surface area contributed by atoms with Crippen LogP contribution in [0, 0.1) is 6.92 Å². The molecule has 0 atom stereocenters. The summed E-state index contributed by atoms with van der Waals surface area (Å²) in [6, 6.07) is 14.4. The van der Waals surface area contributed by atoms with E-state index in [1.807, 2.05) is 18.2 Å². The van der Waals surface area contributed by atoms with Gasteiger partial charge in [-0.15, -0.1) is 24.0 Å². The summed E-state index contributed by atoms with van der Waals surface area (Å²) in [6.07, 6.45) is 0. The number of fused-ring (bicyclic) bond motifs is 1. The highest BCUT2D eigenvalue weighted by atomic mass is 127. The minimum atomic E-state index is 0. The maximum atomic E-state index is 5.41. The highest BCUT2D eigenvalue weighted by molar-refractivity contribution is 14.0. The third-order valence-corrected chi connectivity index (χ3v) is 3.78. The Morgan fingerprint density at radius 1 is 1.00 bits per heavy atom. The van der Waals surface area contributed by atoms with Gasteiger partial charge in [0, 0.05) is 13.1 Å². The summed E-state index contributed by atoms with van der Waals surface area (Å²) in [5.41, 5.74) is 3.59. The van der Waals surface area contributed by atoms with Crippen LogP contribution < -0.4 is 20.1 Å². The molecule has 25 heavy (non-hydrogen) atoms. The molecule has 3 rings (SSSR count). The van der Waals surface area contributed by atoms with Gasteiger partial charge < -0.3 is 20.1 Å². The van der Waals surface area contributed by atoms with Crippen LogP contribution in [0.15, 0.2) is 47.5 Å². The van der Waals surface area contributed by atoms with E-state index in [2.05, 4.69) is 53.7 Å². The van der Waals surface area contributed by atoms with E-state index in [-0.39, 0.29) is 24.0 Å². The normalized spacial score (nSPS) is 12.5. The summed E-state index contributed by atoms with van der Waals surface area (Å²) < 4.78 is 10.7. The third kappa shape index (κ3) is 5.52. The Bertz CT molecular complexity index is 717. The van der Waals surface area contributed by atoms with Gasteiger partial charge in [-0.25, -0.2) is 4.99 Å². The molecule has 0 saturated carbocycles. The number of guanidine groups is 1. The van der Waals surface area contributed by atoms with Crippen molar-refractivity contribution in [3.8, 4) is 11.5 Å². The highest BCUT2D eigenvalue weighted by Gasteiger charge is 2.12. The van der Waals surface area contributed by atoms with Crippen LogP contribution in [-0.2, 0) is 13.1 Å². The second-order valence-electron chi connectivity index (χ2n) is 5.72. The van der Waals surface area contributed by atoms with E-state index in [4.69, 9.17) is 9.47 Å². The monoisotopic (exact) mass is 453 g/mol. The molecule has 0 saturated heterocycles.